The van der Waals surface area contributed by atoms with E-state index in [9.17, 15) is 31.2 Å². The van der Waals surface area contributed by atoms with Crippen LogP contribution in [0.15, 0.2) is 36.4 Å². The van der Waals surface area contributed by atoms with Crippen LogP contribution >= 0.6 is 58.0 Å². The summed E-state index contributed by atoms with van der Waals surface area (Å²) in [6.07, 6.45) is -6.10. The van der Waals surface area contributed by atoms with E-state index in [2.05, 4.69) is 10.6 Å². The molecule has 0 heterocycles. The van der Waals surface area contributed by atoms with Crippen molar-refractivity contribution in [1.29, 1.82) is 0 Å². The molecule has 1 aliphatic carbocycles. The predicted molar refractivity (Wildman–Crippen MR) is 143 cm³/mol. The van der Waals surface area contributed by atoms with Crippen LogP contribution in [0.4, 0.5) is 18.9 Å². The molecule has 3 unspecified atom stereocenters. The number of amides is 2. The minimum absolute atomic E-state index is 0.00507. The molecule has 1 aliphatic rings. The molecule has 2 aromatic carbocycles. The van der Waals surface area contributed by atoms with Crippen LogP contribution in [0.25, 0.3) is 0 Å². The Morgan fingerprint density at radius 2 is 1.66 bits per heavy atom. The SMILES string of the molecule is CC(CS(=O)(=O)CCC(F)(F)F)NC(=O)c1cc(NC(=O)C2C(c3cc(Cl)cc(Cl)c3)C2(Cl)Cl)ccc1Cl. The normalized spacial score (nSPS) is 19.5. The Bertz CT molecular complexity index is 1330. The Morgan fingerprint density at radius 3 is 2.24 bits per heavy atom. The van der Waals surface area contributed by atoms with Gasteiger partial charge in [-0.15, -0.1) is 23.2 Å². The number of benzene rings is 2. The van der Waals surface area contributed by atoms with E-state index >= 15 is 0 Å². The summed E-state index contributed by atoms with van der Waals surface area (Å²) in [5, 5.41) is 5.70. The van der Waals surface area contributed by atoms with E-state index < -0.39 is 68.0 Å². The molecule has 0 aromatic heterocycles. The van der Waals surface area contributed by atoms with Crippen LogP contribution in [0.2, 0.25) is 15.1 Å². The van der Waals surface area contributed by atoms with Gasteiger partial charge < -0.3 is 10.6 Å². The van der Waals surface area contributed by atoms with Crippen molar-refractivity contribution in [3.63, 3.8) is 0 Å². The van der Waals surface area contributed by atoms with Gasteiger partial charge in [-0.3, -0.25) is 9.59 Å². The number of halogens is 8. The summed E-state index contributed by atoms with van der Waals surface area (Å²) >= 11 is 30.9. The van der Waals surface area contributed by atoms with E-state index in [0.717, 1.165) is 0 Å². The highest BCUT2D eigenvalue weighted by atomic mass is 35.5. The van der Waals surface area contributed by atoms with Gasteiger partial charge in [0.2, 0.25) is 5.91 Å². The standard InChI is InChI=1S/C23H20Cl5F3N2O4S/c1-11(10-38(36,37)5-4-22(29,30)31)32-20(34)16-9-15(2-3-17(16)26)33-21(35)19-18(23(19,27)28)12-6-13(24)8-14(25)7-12/h2-3,6-9,11,18-19H,4-5,10H2,1H3,(H,32,34)(H,33,35). The molecule has 0 bridgehead atoms. The smallest absolute Gasteiger partial charge is 0.349 e. The second-order valence-electron chi connectivity index (χ2n) is 8.87. The molecule has 0 radical (unpaired) electrons. The van der Waals surface area contributed by atoms with Crippen LogP contribution in [-0.4, -0.2) is 48.3 Å². The zero-order chi connectivity index (χ0) is 28.6. The molecule has 15 heteroatoms. The fourth-order valence-electron chi connectivity index (χ4n) is 3.90. The first-order valence-corrected chi connectivity index (χ1v) is 14.6. The highest BCUT2D eigenvalue weighted by Gasteiger charge is 2.67. The van der Waals surface area contributed by atoms with E-state index in [1.807, 2.05) is 0 Å². The molecule has 2 N–H and O–H groups in total. The van der Waals surface area contributed by atoms with E-state index in [1.165, 1.54) is 31.2 Å². The maximum Gasteiger partial charge on any atom is 0.390 e. The Labute approximate surface area is 242 Å². The Hall–Kier alpha value is -1.43. The number of carbonyl (C=O) groups excluding carboxylic acids is 2. The largest absolute Gasteiger partial charge is 0.390 e. The molecule has 0 spiro atoms. The molecular formula is C23H20Cl5F3N2O4S. The fourth-order valence-corrected chi connectivity index (χ4v) is 7.03. The lowest BCUT2D eigenvalue weighted by molar-refractivity contribution is -0.130. The minimum atomic E-state index is -4.62. The number of nitrogens with one attached hydrogen (secondary N) is 2. The summed E-state index contributed by atoms with van der Waals surface area (Å²) in [7, 11) is -4.09. The minimum Gasteiger partial charge on any atom is -0.349 e. The van der Waals surface area contributed by atoms with Gasteiger partial charge in [-0.2, -0.15) is 13.2 Å². The van der Waals surface area contributed by atoms with E-state index in [-0.39, 0.29) is 16.3 Å². The van der Waals surface area contributed by atoms with Crippen LogP contribution in [0.3, 0.4) is 0 Å². The quantitative estimate of drug-likeness (QED) is 0.296. The molecule has 0 saturated heterocycles. The van der Waals surface area contributed by atoms with Crippen LogP contribution in [0.5, 0.6) is 0 Å². The van der Waals surface area contributed by atoms with Crippen LogP contribution in [-0.2, 0) is 14.6 Å². The third-order valence-corrected chi connectivity index (χ3v) is 9.18. The molecule has 6 nitrogen and oxygen atoms in total. The average molecular weight is 655 g/mol. The number of carbonyl (C=O) groups is 2. The molecule has 3 atom stereocenters. The molecule has 1 saturated carbocycles. The monoisotopic (exact) mass is 652 g/mol. The lowest BCUT2D eigenvalue weighted by atomic mass is 10.1. The zero-order valence-corrected chi connectivity index (χ0v) is 24.0. The maximum absolute atomic E-state index is 13.0. The fraction of sp³-hybridized carbons (Fsp3) is 0.391. The van der Waals surface area contributed by atoms with Gasteiger partial charge in [-0.05, 0) is 48.9 Å². The molecule has 2 aromatic rings. The van der Waals surface area contributed by atoms with Crippen molar-refractivity contribution in [3.05, 3.63) is 62.6 Å². The van der Waals surface area contributed by atoms with Gasteiger partial charge >= 0.3 is 6.18 Å². The predicted octanol–water partition coefficient (Wildman–Crippen LogP) is 6.66. The molecule has 38 heavy (non-hydrogen) atoms. The average Bonchev–Trinajstić information content (AvgIpc) is 3.34. The maximum atomic E-state index is 13.0. The number of sulfone groups is 1. The number of anilines is 1. The second kappa shape index (κ2) is 11.6. The van der Waals surface area contributed by atoms with Crippen LogP contribution in [0.1, 0.15) is 35.2 Å². The van der Waals surface area contributed by atoms with Crippen molar-refractivity contribution >= 4 is 85.3 Å². The van der Waals surface area contributed by atoms with Crippen LogP contribution in [0, 0.1) is 5.92 Å². The molecular weight excluding hydrogens is 635 g/mol. The third-order valence-electron chi connectivity index (χ3n) is 5.64. The Kier molecular flexibility index (Phi) is 9.48. The lowest BCUT2D eigenvalue weighted by Crippen LogP contribution is -2.38. The van der Waals surface area contributed by atoms with Crippen molar-refractivity contribution in [2.75, 3.05) is 16.8 Å². The first-order chi connectivity index (χ1) is 17.4. The summed E-state index contributed by atoms with van der Waals surface area (Å²) in [4.78, 5) is 25.7. The van der Waals surface area contributed by atoms with Gasteiger partial charge in [0.25, 0.3) is 5.91 Å². The lowest BCUT2D eigenvalue weighted by Gasteiger charge is -2.16. The topological polar surface area (TPSA) is 92.3 Å². The number of rotatable bonds is 9. The molecule has 0 aliphatic heterocycles. The van der Waals surface area contributed by atoms with Crippen molar-refractivity contribution in [2.45, 2.75) is 35.8 Å². The zero-order valence-electron chi connectivity index (χ0n) is 19.4. The number of hydrogen-bond acceptors (Lipinski definition) is 4. The molecule has 2 amide bonds. The van der Waals surface area contributed by atoms with Gasteiger partial charge in [-0.25, -0.2) is 8.42 Å². The molecule has 3 rings (SSSR count). The highest BCUT2D eigenvalue weighted by Crippen LogP contribution is 2.65. The van der Waals surface area contributed by atoms with Crippen molar-refractivity contribution in [2.24, 2.45) is 5.92 Å². The molecule has 208 valence electrons. The van der Waals surface area contributed by atoms with E-state index in [4.69, 9.17) is 58.0 Å². The summed E-state index contributed by atoms with van der Waals surface area (Å²) in [6.45, 7) is 1.33. The number of hydrogen-bond donors (Lipinski definition) is 2. The Balaban J connectivity index is 1.67. The summed E-state index contributed by atoms with van der Waals surface area (Å²) in [5.41, 5.74) is 0.651. The highest BCUT2D eigenvalue weighted by molar-refractivity contribution is 7.91. The van der Waals surface area contributed by atoms with Crippen LogP contribution < -0.4 is 10.6 Å². The van der Waals surface area contributed by atoms with Gasteiger partial charge in [0.1, 0.15) is 4.33 Å². The van der Waals surface area contributed by atoms with Gasteiger partial charge in [0, 0.05) is 27.7 Å². The van der Waals surface area contributed by atoms with Gasteiger partial charge in [0.15, 0.2) is 9.84 Å². The molecule has 1 fully saturated rings. The Morgan fingerprint density at radius 1 is 1.05 bits per heavy atom. The van der Waals surface area contributed by atoms with E-state index in [1.54, 1.807) is 12.1 Å². The van der Waals surface area contributed by atoms with Crippen molar-refractivity contribution in [1.82, 2.24) is 5.32 Å². The number of alkyl halides is 5. The summed E-state index contributed by atoms with van der Waals surface area (Å²) in [6, 6.07) is 7.73. The van der Waals surface area contributed by atoms with Crippen molar-refractivity contribution in [3.8, 4) is 0 Å². The van der Waals surface area contributed by atoms with Crippen molar-refractivity contribution < 1.29 is 31.2 Å². The summed E-state index contributed by atoms with van der Waals surface area (Å²) < 4.78 is 59.6. The van der Waals surface area contributed by atoms with E-state index in [0.29, 0.717) is 15.6 Å². The third kappa shape index (κ3) is 8.05. The van der Waals surface area contributed by atoms with Gasteiger partial charge in [-0.1, -0.05) is 34.8 Å². The second-order valence-corrected chi connectivity index (χ2v) is 13.8. The first kappa shape index (κ1) is 31.1. The summed E-state index contributed by atoms with van der Waals surface area (Å²) in [5.74, 6) is -4.59. The van der Waals surface area contributed by atoms with Gasteiger partial charge in [0.05, 0.1) is 34.4 Å². The first-order valence-electron chi connectivity index (χ1n) is 10.9.